The molecule has 0 heterocycles. The van der Waals surface area contributed by atoms with Crippen molar-refractivity contribution < 1.29 is 15.0 Å². The summed E-state index contributed by atoms with van der Waals surface area (Å²) in [5, 5.41) is 19.4. The van der Waals surface area contributed by atoms with Gasteiger partial charge in [0.1, 0.15) is 0 Å². The molecule has 3 heteroatoms. The zero-order chi connectivity index (χ0) is 16.5. The van der Waals surface area contributed by atoms with Crippen molar-refractivity contribution in [3.8, 4) is 0 Å². The van der Waals surface area contributed by atoms with Gasteiger partial charge in [-0.25, -0.2) is 9.90 Å². The fourth-order valence-electron chi connectivity index (χ4n) is 2.82. The lowest BCUT2D eigenvalue weighted by Gasteiger charge is -2.04. The van der Waals surface area contributed by atoms with Crippen molar-refractivity contribution in [2.24, 2.45) is 0 Å². The Bertz CT molecular complexity index is 241. The van der Waals surface area contributed by atoms with Crippen molar-refractivity contribution in [3.05, 3.63) is 0 Å². The normalized spacial score (nSPS) is 12.5. The molecule has 1 unspecified atom stereocenters. The van der Waals surface area contributed by atoms with E-state index in [1.165, 1.54) is 77.0 Å². The molecule has 3 nitrogen and oxygen atoms in total. The first-order valence-electron chi connectivity index (χ1n) is 9.57. The smallest absolute Gasteiger partial charge is 0.336 e. The van der Waals surface area contributed by atoms with Crippen LogP contribution in [0.5, 0.6) is 0 Å². The van der Waals surface area contributed by atoms with E-state index >= 15 is 0 Å². The molecular formula is C19H37O3. The van der Waals surface area contributed by atoms with Crippen LogP contribution in [0.15, 0.2) is 0 Å². The van der Waals surface area contributed by atoms with E-state index in [1.54, 1.807) is 0 Å². The molecule has 0 fully saturated rings. The van der Waals surface area contributed by atoms with Crippen LogP contribution in [0.25, 0.3) is 0 Å². The summed E-state index contributed by atoms with van der Waals surface area (Å²) < 4.78 is 0. The zero-order valence-corrected chi connectivity index (χ0v) is 14.7. The molecule has 0 saturated carbocycles. The molecule has 0 aliphatic heterocycles. The summed E-state index contributed by atoms with van der Waals surface area (Å²) in [6.07, 6.45) is 18.1. The van der Waals surface area contributed by atoms with Crippen LogP contribution in [0.1, 0.15) is 110 Å². The number of carbonyl (C=O) groups is 1. The van der Waals surface area contributed by atoms with Crippen LogP contribution >= 0.6 is 0 Å². The molecule has 0 aliphatic carbocycles. The molecule has 1 radical (unpaired) electrons. The van der Waals surface area contributed by atoms with Crippen LogP contribution in [-0.4, -0.2) is 17.2 Å². The number of rotatable bonds is 17. The predicted octanol–water partition coefficient (Wildman–Crippen LogP) is 6.13. The zero-order valence-electron chi connectivity index (χ0n) is 14.7. The maximum atomic E-state index is 11.0. The molecule has 0 rings (SSSR count). The Morgan fingerprint density at radius 2 is 1.00 bits per heavy atom. The summed E-state index contributed by atoms with van der Waals surface area (Å²) in [5.74, 6) is -1.20. The van der Waals surface area contributed by atoms with Gasteiger partial charge in [-0.05, 0) is 6.42 Å². The van der Waals surface area contributed by atoms with E-state index in [2.05, 4.69) is 6.92 Å². The van der Waals surface area contributed by atoms with Crippen molar-refractivity contribution in [1.82, 2.24) is 0 Å². The monoisotopic (exact) mass is 313 g/mol. The van der Waals surface area contributed by atoms with E-state index in [9.17, 15) is 9.90 Å². The summed E-state index contributed by atoms with van der Waals surface area (Å²) >= 11 is 0. The molecule has 0 bridgehead atoms. The Hall–Kier alpha value is -0.570. The molecule has 0 saturated heterocycles. The maximum absolute atomic E-state index is 11.0. The van der Waals surface area contributed by atoms with Gasteiger partial charge >= 0.3 is 5.97 Å². The van der Waals surface area contributed by atoms with Crippen LogP contribution in [0.4, 0.5) is 0 Å². The van der Waals surface area contributed by atoms with Crippen molar-refractivity contribution in [3.63, 3.8) is 0 Å². The van der Waals surface area contributed by atoms with Crippen molar-refractivity contribution in [2.75, 3.05) is 0 Å². The van der Waals surface area contributed by atoms with E-state index in [-0.39, 0.29) is 6.42 Å². The molecule has 0 aliphatic rings. The topological polar surface area (TPSA) is 57.2 Å². The Kier molecular flexibility index (Phi) is 16.4. The molecule has 22 heavy (non-hydrogen) atoms. The molecule has 131 valence electrons. The minimum absolute atomic E-state index is 0.285. The lowest BCUT2D eigenvalue weighted by Crippen LogP contribution is -2.17. The first-order chi connectivity index (χ1) is 10.7. The quantitative estimate of drug-likeness (QED) is 0.328. The average Bonchev–Trinajstić information content (AvgIpc) is 2.50. The fourth-order valence-corrected chi connectivity index (χ4v) is 2.82. The number of carboxylic acids is 1. The van der Waals surface area contributed by atoms with Crippen molar-refractivity contribution >= 4 is 5.97 Å². The summed E-state index contributed by atoms with van der Waals surface area (Å²) in [6, 6.07) is 0. The highest BCUT2D eigenvalue weighted by atomic mass is 16.4. The second kappa shape index (κ2) is 16.8. The highest BCUT2D eigenvalue weighted by molar-refractivity contribution is 5.71. The first kappa shape index (κ1) is 21.4. The van der Waals surface area contributed by atoms with E-state index < -0.39 is 12.1 Å². The Balaban J connectivity index is 3.04. The standard InChI is InChI=1S/C19H37O3/c1-2-3-4-5-6-7-8-9-10-11-12-13-14-15-16-17-18(20)19(21)22/h18H,2-17H2,1H3,(H,21,22). The molecule has 0 spiro atoms. The third-order valence-corrected chi connectivity index (χ3v) is 4.35. The molecule has 0 aromatic rings. The minimum Gasteiger partial charge on any atom is -0.479 e. The fraction of sp³-hybridized carbons (Fsp3) is 0.947. The van der Waals surface area contributed by atoms with Crippen LogP contribution in [0, 0.1) is 0 Å². The van der Waals surface area contributed by atoms with Gasteiger partial charge in [-0.2, -0.15) is 0 Å². The molecule has 0 aromatic carbocycles. The van der Waals surface area contributed by atoms with Gasteiger partial charge in [0.05, 0.1) is 0 Å². The van der Waals surface area contributed by atoms with Crippen molar-refractivity contribution in [1.29, 1.82) is 0 Å². The molecule has 0 amide bonds. The minimum atomic E-state index is -1.41. The van der Waals surface area contributed by atoms with Gasteiger partial charge in [0, 0.05) is 0 Å². The third kappa shape index (κ3) is 15.8. The predicted molar refractivity (Wildman–Crippen MR) is 91.7 cm³/mol. The van der Waals surface area contributed by atoms with E-state index in [0.717, 1.165) is 19.3 Å². The van der Waals surface area contributed by atoms with Gasteiger partial charge in [-0.15, -0.1) is 0 Å². The summed E-state index contributed by atoms with van der Waals surface area (Å²) in [6.45, 7) is 2.26. The number of hydrogen-bond acceptors (Lipinski definition) is 1. The van der Waals surface area contributed by atoms with Crippen LogP contribution in [0.3, 0.4) is 0 Å². The number of hydrogen-bond donors (Lipinski definition) is 1. The van der Waals surface area contributed by atoms with Gasteiger partial charge in [-0.3, -0.25) is 0 Å². The summed E-state index contributed by atoms with van der Waals surface area (Å²) in [7, 11) is 0. The highest BCUT2D eigenvalue weighted by Gasteiger charge is 2.13. The summed E-state index contributed by atoms with van der Waals surface area (Å²) in [5.41, 5.74) is 0. The number of aliphatic carboxylic acids is 1. The number of unbranched alkanes of at least 4 members (excludes halogenated alkanes) is 14. The Morgan fingerprint density at radius 1 is 0.682 bits per heavy atom. The van der Waals surface area contributed by atoms with E-state index in [1.807, 2.05) is 0 Å². The second-order valence-corrected chi connectivity index (χ2v) is 6.57. The van der Waals surface area contributed by atoms with Gasteiger partial charge < -0.3 is 5.11 Å². The molecule has 1 N–H and O–H groups in total. The van der Waals surface area contributed by atoms with E-state index in [4.69, 9.17) is 5.11 Å². The first-order valence-corrected chi connectivity index (χ1v) is 9.57. The largest absolute Gasteiger partial charge is 0.479 e. The van der Waals surface area contributed by atoms with Crippen molar-refractivity contribution in [2.45, 2.75) is 116 Å². The maximum Gasteiger partial charge on any atom is 0.336 e. The lowest BCUT2D eigenvalue weighted by molar-refractivity contribution is -0.150. The van der Waals surface area contributed by atoms with Crippen LogP contribution in [0.2, 0.25) is 0 Å². The summed E-state index contributed by atoms with van der Waals surface area (Å²) in [4.78, 5) is 10.4. The van der Waals surface area contributed by atoms with Gasteiger partial charge in [0.15, 0.2) is 6.10 Å². The molecule has 0 aromatic heterocycles. The number of carboxylic acid groups (broad SMARTS) is 1. The van der Waals surface area contributed by atoms with Crippen LogP contribution in [-0.2, 0) is 9.90 Å². The highest BCUT2D eigenvalue weighted by Crippen LogP contribution is 2.14. The average molecular weight is 314 g/mol. The van der Waals surface area contributed by atoms with E-state index in [0.29, 0.717) is 0 Å². The molecule has 1 atom stereocenters. The van der Waals surface area contributed by atoms with Gasteiger partial charge in [0.2, 0.25) is 0 Å². The Labute approximate surface area is 137 Å². The lowest BCUT2D eigenvalue weighted by atomic mass is 10.0. The molecular weight excluding hydrogens is 276 g/mol. The van der Waals surface area contributed by atoms with Gasteiger partial charge in [-0.1, -0.05) is 103 Å². The SMILES string of the molecule is CCCCCCCCCCCCCCCCCC([O])C(=O)O. The third-order valence-electron chi connectivity index (χ3n) is 4.35. The van der Waals surface area contributed by atoms with Gasteiger partial charge in [0.25, 0.3) is 0 Å². The Morgan fingerprint density at radius 3 is 1.32 bits per heavy atom. The van der Waals surface area contributed by atoms with Crippen LogP contribution < -0.4 is 0 Å². The second-order valence-electron chi connectivity index (χ2n) is 6.57.